The lowest BCUT2D eigenvalue weighted by molar-refractivity contribution is 0.609. The minimum absolute atomic E-state index is 1.01. The third-order valence-electron chi connectivity index (χ3n) is 1.78. The van der Waals surface area contributed by atoms with Crippen LogP contribution in [-0.2, 0) is 6.54 Å². The molecule has 0 saturated heterocycles. The average Bonchev–Trinajstić information content (AvgIpc) is 2.63. The molecule has 0 aromatic carbocycles. The van der Waals surface area contributed by atoms with E-state index in [0.29, 0.717) is 0 Å². The van der Waals surface area contributed by atoms with Crippen molar-refractivity contribution in [3.63, 3.8) is 0 Å². The predicted octanol–water partition coefficient (Wildman–Crippen LogP) is 1.84. The molecule has 0 atom stereocenters. The van der Waals surface area contributed by atoms with Gasteiger partial charge in [-0.1, -0.05) is 13.0 Å². The molecule has 1 rings (SSSR count). The molecule has 1 aromatic rings. The zero-order chi connectivity index (χ0) is 9.36. The van der Waals surface area contributed by atoms with E-state index in [1.165, 1.54) is 11.3 Å². The Kier molecular flexibility index (Phi) is 5.81. The number of hydrogen-bond acceptors (Lipinski definition) is 3. The molecular formula is C10H18N2S. The molecule has 74 valence electrons. The van der Waals surface area contributed by atoms with E-state index in [-0.39, 0.29) is 0 Å². The number of thiophene rings is 1. The average molecular weight is 198 g/mol. The first-order valence-corrected chi connectivity index (χ1v) is 5.75. The second kappa shape index (κ2) is 7.06. The van der Waals surface area contributed by atoms with Gasteiger partial charge in [-0.2, -0.15) is 0 Å². The summed E-state index contributed by atoms with van der Waals surface area (Å²) in [5.41, 5.74) is 0. The van der Waals surface area contributed by atoms with Crippen LogP contribution in [0.2, 0.25) is 0 Å². The Labute approximate surface area is 84.4 Å². The highest BCUT2D eigenvalue weighted by molar-refractivity contribution is 7.09. The molecule has 0 radical (unpaired) electrons. The Hall–Kier alpha value is -0.380. The maximum atomic E-state index is 3.39. The Morgan fingerprint density at radius 2 is 2.08 bits per heavy atom. The number of hydrogen-bond donors (Lipinski definition) is 2. The Morgan fingerprint density at radius 1 is 1.23 bits per heavy atom. The molecule has 1 heterocycles. The number of rotatable bonds is 7. The van der Waals surface area contributed by atoms with Crippen molar-refractivity contribution in [2.75, 3.05) is 19.6 Å². The minimum atomic E-state index is 1.01. The largest absolute Gasteiger partial charge is 0.315 e. The van der Waals surface area contributed by atoms with Crippen molar-refractivity contribution in [2.24, 2.45) is 0 Å². The third kappa shape index (κ3) is 5.03. The summed E-state index contributed by atoms with van der Waals surface area (Å²) in [6.07, 6.45) is 1.21. The van der Waals surface area contributed by atoms with Crippen LogP contribution in [0.15, 0.2) is 17.5 Å². The van der Waals surface area contributed by atoms with E-state index < -0.39 is 0 Å². The van der Waals surface area contributed by atoms with Gasteiger partial charge < -0.3 is 10.6 Å². The van der Waals surface area contributed by atoms with Gasteiger partial charge in [0.1, 0.15) is 0 Å². The van der Waals surface area contributed by atoms with Crippen molar-refractivity contribution in [3.05, 3.63) is 22.4 Å². The Morgan fingerprint density at radius 3 is 2.77 bits per heavy atom. The standard InChI is InChI=1S/C10H18N2S/c1-2-5-11-6-7-12-9-10-4-3-8-13-10/h3-4,8,11-12H,2,5-7,9H2,1H3. The van der Waals surface area contributed by atoms with Gasteiger partial charge in [0.05, 0.1) is 0 Å². The van der Waals surface area contributed by atoms with Crippen molar-refractivity contribution in [2.45, 2.75) is 19.9 Å². The monoisotopic (exact) mass is 198 g/mol. The lowest BCUT2D eigenvalue weighted by Gasteiger charge is -2.03. The van der Waals surface area contributed by atoms with Crippen LogP contribution in [0.25, 0.3) is 0 Å². The summed E-state index contributed by atoms with van der Waals surface area (Å²) in [4.78, 5) is 1.41. The van der Waals surface area contributed by atoms with Gasteiger partial charge in [0.25, 0.3) is 0 Å². The quantitative estimate of drug-likeness (QED) is 0.653. The van der Waals surface area contributed by atoms with E-state index in [4.69, 9.17) is 0 Å². The molecule has 0 fully saturated rings. The van der Waals surface area contributed by atoms with Crippen molar-refractivity contribution in [1.82, 2.24) is 10.6 Å². The third-order valence-corrected chi connectivity index (χ3v) is 2.66. The van der Waals surface area contributed by atoms with Gasteiger partial charge in [-0.3, -0.25) is 0 Å². The van der Waals surface area contributed by atoms with E-state index >= 15 is 0 Å². The second-order valence-corrected chi connectivity index (χ2v) is 4.04. The van der Waals surface area contributed by atoms with E-state index in [9.17, 15) is 0 Å². The lowest BCUT2D eigenvalue weighted by Crippen LogP contribution is -2.27. The van der Waals surface area contributed by atoms with Crippen LogP contribution in [0, 0.1) is 0 Å². The SMILES string of the molecule is CCCNCCNCc1cccs1. The summed E-state index contributed by atoms with van der Waals surface area (Å²) in [6.45, 7) is 6.44. The zero-order valence-electron chi connectivity index (χ0n) is 8.18. The fourth-order valence-corrected chi connectivity index (χ4v) is 1.78. The molecule has 13 heavy (non-hydrogen) atoms. The summed E-state index contributed by atoms with van der Waals surface area (Å²) in [6, 6.07) is 4.26. The maximum absolute atomic E-state index is 3.39. The van der Waals surface area contributed by atoms with Gasteiger partial charge >= 0.3 is 0 Å². The van der Waals surface area contributed by atoms with Gasteiger partial charge in [0, 0.05) is 24.5 Å². The highest BCUT2D eigenvalue weighted by Crippen LogP contribution is 2.06. The van der Waals surface area contributed by atoms with Gasteiger partial charge in [-0.25, -0.2) is 0 Å². The molecular weight excluding hydrogens is 180 g/mol. The van der Waals surface area contributed by atoms with Crippen LogP contribution < -0.4 is 10.6 Å². The first kappa shape index (κ1) is 10.7. The molecule has 1 aromatic heterocycles. The molecule has 0 aliphatic rings. The van der Waals surface area contributed by atoms with Crippen molar-refractivity contribution in [1.29, 1.82) is 0 Å². The van der Waals surface area contributed by atoms with Gasteiger partial charge in [0.15, 0.2) is 0 Å². The zero-order valence-corrected chi connectivity index (χ0v) is 8.99. The highest BCUT2D eigenvalue weighted by atomic mass is 32.1. The predicted molar refractivity (Wildman–Crippen MR) is 59.2 cm³/mol. The van der Waals surface area contributed by atoms with Crippen molar-refractivity contribution < 1.29 is 0 Å². The fourth-order valence-electron chi connectivity index (χ4n) is 1.10. The van der Waals surface area contributed by atoms with Crippen LogP contribution >= 0.6 is 11.3 Å². The summed E-state index contributed by atoms with van der Waals surface area (Å²) in [5.74, 6) is 0. The molecule has 0 aliphatic carbocycles. The van der Waals surface area contributed by atoms with Crippen LogP contribution in [0.1, 0.15) is 18.2 Å². The first-order chi connectivity index (χ1) is 6.43. The molecule has 0 saturated carbocycles. The summed E-state index contributed by atoms with van der Waals surface area (Å²) in [5, 5.41) is 8.87. The topological polar surface area (TPSA) is 24.1 Å². The molecule has 3 heteroatoms. The molecule has 2 nitrogen and oxygen atoms in total. The van der Waals surface area contributed by atoms with Crippen molar-refractivity contribution in [3.8, 4) is 0 Å². The minimum Gasteiger partial charge on any atom is -0.315 e. The van der Waals surface area contributed by atoms with Gasteiger partial charge in [-0.05, 0) is 24.4 Å². The van der Waals surface area contributed by atoms with Gasteiger partial charge in [-0.15, -0.1) is 11.3 Å². The lowest BCUT2D eigenvalue weighted by atomic mass is 10.4. The molecule has 0 spiro atoms. The smallest absolute Gasteiger partial charge is 0.0300 e. The Bertz CT molecular complexity index is 197. The molecule has 0 unspecified atom stereocenters. The van der Waals surface area contributed by atoms with Crippen LogP contribution in [0.3, 0.4) is 0 Å². The maximum Gasteiger partial charge on any atom is 0.0300 e. The van der Waals surface area contributed by atoms with E-state index in [2.05, 4.69) is 35.1 Å². The number of nitrogens with one attached hydrogen (secondary N) is 2. The highest BCUT2D eigenvalue weighted by Gasteiger charge is 1.91. The molecule has 0 aliphatic heterocycles. The van der Waals surface area contributed by atoms with Crippen LogP contribution in [0.4, 0.5) is 0 Å². The first-order valence-electron chi connectivity index (χ1n) is 4.87. The normalized spacial score (nSPS) is 10.5. The Balaban J connectivity index is 1.90. The second-order valence-electron chi connectivity index (χ2n) is 3.01. The van der Waals surface area contributed by atoms with E-state index in [0.717, 1.165) is 26.2 Å². The molecule has 2 N–H and O–H groups in total. The van der Waals surface area contributed by atoms with Crippen LogP contribution in [0.5, 0.6) is 0 Å². The van der Waals surface area contributed by atoms with Crippen molar-refractivity contribution >= 4 is 11.3 Å². The van der Waals surface area contributed by atoms with Gasteiger partial charge in [0.2, 0.25) is 0 Å². The molecule has 0 amide bonds. The summed E-state index contributed by atoms with van der Waals surface area (Å²) in [7, 11) is 0. The summed E-state index contributed by atoms with van der Waals surface area (Å²) < 4.78 is 0. The van der Waals surface area contributed by atoms with E-state index in [1.807, 2.05) is 11.3 Å². The van der Waals surface area contributed by atoms with Crippen LogP contribution in [-0.4, -0.2) is 19.6 Å². The molecule has 0 bridgehead atoms. The summed E-state index contributed by atoms with van der Waals surface area (Å²) >= 11 is 1.81. The fraction of sp³-hybridized carbons (Fsp3) is 0.600. The van der Waals surface area contributed by atoms with E-state index in [1.54, 1.807) is 0 Å².